The Kier molecular flexibility index (Phi) is 1.37. The highest BCUT2D eigenvalue weighted by Gasteiger charge is 2.54. The highest BCUT2D eigenvalue weighted by Crippen LogP contribution is 2.61. The van der Waals surface area contributed by atoms with Crippen LogP contribution in [0.4, 0.5) is 0 Å². The Morgan fingerprint density at radius 2 is 1.22 bits per heavy atom. The minimum Gasteiger partial charge on any atom is -0.145 e. The summed E-state index contributed by atoms with van der Waals surface area (Å²) in [6.45, 7) is -1.69. The normalized spacial score (nSPS) is 28.7. The van der Waals surface area contributed by atoms with Gasteiger partial charge in [0.2, 0.25) is 0 Å². The van der Waals surface area contributed by atoms with Crippen molar-refractivity contribution in [2.24, 2.45) is 0 Å². The molecule has 0 radical (unpaired) electrons. The van der Waals surface area contributed by atoms with E-state index in [9.17, 15) is 0 Å². The van der Waals surface area contributed by atoms with E-state index in [1.807, 2.05) is 0 Å². The molecule has 2 aliphatic rings. The number of halogens is 2. The molecule has 0 amide bonds. The zero-order valence-electron chi connectivity index (χ0n) is 5.24. The van der Waals surface area contributed by atoms with Crippen LogP contribution in [0.25, 0.3) is 0 Å². The number of hydrogen-bond acceptors (Lipinski definition) is 0. The van der Waals surface area contributed by atoms with Gasteiger partial charge >= 0.3 is 0 Å². The lowest BCUT2D eigenvalue weighted by Gasteiger charge is -2.12. The first-order valence-electron chi connectivity index (χ1n) is 3.59. The summed E-state index contributed by atoms with van der Waals surface area (Å²) in [6, 6.07) is 0. The largest absolute Gasteiger partial charge is 0.257 e. The highest BCUT2D eigenvalue weighted by molar-refractivity contribution is 7.47. The van der Waals surface area contributed by atoms with Crippen LogP contribution >= 0.6 is 22.2 Å². The second-order valence-corrected chi connectivity index (χ2v) is 10.5. The molecule has 52 valence electrons. The van der Waals surface area contributed by atoms with Gasteiger partial charge in [-0.25, -0.2) is 0 Å². The lowest BCUT2D eigenvalue weighted by Crippen LogP contribution is -2.19. The third-order valence-electron chi connectivity index (χ3n) is 2.24. The van der Waals surface area contributed by atoms with Crippen molar-refractivity contribution in [1.82, 2.24) is 0 Å². The van der Waals surface area contributed by atoms with E-state index in [1.54, 1.807) is 0 Å². The molecule has 0 unspecified atom stereocenters. The van der Waals surface area contributed by atoms with Crippen molar-refractivity contribution in [3.63, 3.8) is 0 Å². The van der Waals surface area contributed by atoms with Crippen LogP contribution in [0.5, 0.6) is 0 Å². The Morgan fingerprint density at radius 3 is 1.44 bits per heavy atom. The van der Waals surface area contributed by atoms with Crippen molar-refractivity contribution in [1.29, 1.82) is 0 Å². The Balaban J connectivity index is 2.01. The summed E-state index contributed by atoms with van der Waals surface area (Å²) in [5.74, 6) is 0. The van der Waals surface area contributed by atoms with E-state index in [0.717, 1.165) is 11.1 Å². The van der Waals surface area contributed by atoms with Gasteiger partial charge < -0.3 is 0 Å². The lowest BCUT2D eigenvalue weighted by atomic mass is 10.9. The minimum atomic E-state index is -1.69. The van der Waals surface area contributed by atoms with Gasteiger partial charge in [0, 0.05) is 0 Å². The molecule has 0 aromatic heterocycles. The molecule has 0 aliphatic heterocycles. The lowest BCUT2D eigenvalue weighted by molar-refractivity contribution is 1.29. The van der Waals surface area contributed by atoms with Crippen LogP contribution in [0.15, 0.2) is 0 Å². The molecule has 0 heterocycles. The first-order valence-corrected chi connectivity index (χ1v) is 7.77. The fourth-order valence-corrected chi connectivity index (χ4v) is 6.43. The molecule has 0 saturated heterocycles. The molecule has 0 aromatic carbocycles. The quantitative estimate of drug-likeness (QED) is 0.453. The zero-order chi connectivity index (χ0) is 6.48. The van der Waals surface area contributed by atoms with E-state index in [1.165, 1.54) is 25.7 Å². The van der Waals surface area contributed by atoms with Crippen LogP contribution in [0.2, 0.25) is 11.1 Å². The standard InChI is InChI=1S/C6H10Cl2Si/c7-9(8,5-1-2-5)6-3-4-6/h5-6H,1-4H2. The van der Waals surface area contributed by atoms with Gasteiger partial charge in [-0.3, -0.25) is 0 Å². The van der Waals surface area contributed by atoms with Gasteiger partial charge in [-0.1, -0.05) is 25.7 Å². The van der Waals surface area contributed by atoms with E-state index >= 15 is 0 Å². The highest BCUT2D eigenvalue weighted by atomic mass is 35.7. The van der Waals surface area contributed by atoms with Crippen molar-refractivity contribution in [2.45, 2.75) is 36.8 Å². The maximum Gasteiger partial charge on any atom is 0.257 e. The van der Waals surface area contributed by atoms with E-state index < -0.39 is 6.69 Å². The average molecular weight is 181 g/mol. The van der Waals surface area contributed by atoms with Crippen LogP contribution in [0.1, 0.15) is 25.7 Å². The fourth-order valence-electron chi connectivity index (χ4n) is 1.27. The van der Waals surface area contributed by atoms with Gasteiger partial charge in [-0.15, -0.1) is 22.2 Å². The summed E-state index contributed by atoms with van der Waals surface area (Å²) in [5.41, 5.74) is 1.54. The molecule has 0 nitrogen and oxygen atoms in total. The van der Waals surface area contributed by atoms with Crippen molar-refractivity contribution >= 4 is 28.9 Å². The Hall–Kier alpha value is 0.797. The number of hydrogen-bond donors (Lipinski definition) is 0. The van der Waals surface area contributed by atoms with E-state index in [2.05, 4.69) is 0 Å². The summed E-state index contributed by atoms with van der Waals surface area (Å²) in [7, 11) is 0. The molecule has 0 spiro atoms. The molecular weight excluding hydrogens is 171 g/mol. The van der Waals surface area contributed by atoms with E-state index in [-0.39, 0.29) is 0 Å². The first-order chi connectivity index (χ1) is 4.21. The monoisotopic (exact) mass is 180 g/mol. The molecule has 3 heteroatoms. The molecule has 0 N–H and O–H groups in total. The molecule has 2 aliphatic carbocycles. The molecular formula is C6H10Cl2Si. The third kappa shape index (κ3) is 1.15. The van der Waals surface area contributed by atoms with Crippen LogP contribution in [-0.2, 0) is 0 Å². The van der Waals surface area contributed by atoms with Crippen LogP contribution in [0, 0.1) is 0 Å². The van der Waals surface area contributed by atoms with Crippen molar-refractivity contribution in [2.75, 3.05) is 0 Å². The maximum atomic E-state index is 6.24. The first kappa shape index (κ1) is 6.50. The summed E-state index contributed by atoms with van der Waals surface area (Å²) in [5, 5.41) is 0. The maximum absolute atomic E-state index is 6.24. The topological polar surface area (TPSA) is 0 Å². The summed E-state index contributed by atoms with van der Waals surface area (Å²) in [4.78, 5) is 0. The van der Waals surface area contributed by atoms with Crippen LogP contribution in [0.3, 0.4) is 0 Å². The van der Waals surface area contributed by atoms with Gasteiger partial charge in [0.1, 0.15) is 0 Å². The van der Waals surface area contributed by atoms with Gasteiger partial charge in [0.25, 0.3) is 6.69 Å². The van der Waals surface area contributed by atoms with Crippen molar-refractivity contribution in [3.8, 4) is 0 Å². The Bertz CT molecular complexity index is 113. The second kappa shape index (κ2) is 1.90. The van der Waals surface area contributed by atoms with Crippen LogP contribution in [-0.4, -0.2) is 6.69 Å². The Labute approximate surface area is 66.0 Å². The molecule has 2 fully saturated rings. The number of rotatable bonds is 2. The van der Waals surface area contributed by atoms with E-state index in [4.69, 9.17) is 22.2 Å². The molecule has 0 aromatic rings. The zero-order valence-corrected chi connectivity index (χ0v) is 7.75. The van der Waals surface area contributed by atoms with Gasteiger partial charge in [0.05, 0.1) is 0 Å². The second-order valence-electron chi connectivity index (χ2n) is 3.22. The van der Waals surface area contributed by atoms with Gasteiger partial charge in [-0.2, -0.15) is 0 Å². The SMILES string of the molecule is Cl[Si](Cl)(C1CC1)C1CC1. The van der Waals surface area contributed by atoms with Gasteiger partial charge in [-0.05, 0) is 11.1 Å². The predicted molar refractivity (Wildman–Crippen MR) is 43.4 cm³/mol. The summed E-state index contributed by atoms with van der Waals surface area (Å²) < 4.78 is 0. The molecule has 2 saturated carbocycles. The van der Waals surface area contributed by atoms with Gasteiger partial charge in [0.15, 0.2) is 0 Å². The fraction of sp³-hybridized carbons (Fsp3) is 1.00. The minimum absolute atomic E-state index is 0.772. The van der Waals surface area contributed by atoms with Crippen molar-refractivity contribution < 1.29 is 0 Å². The van der Waals surface area contributed by atoms with E-state index in [0.29, 0.717) is 0 Å². The Morgan fingerprint density at radius 1 is 0.889 bits per heavy atom. The summed E-state index contributed by atoms with van der Waals surface area (Å²) >= 11 is 12.5. The third-order valence-corrected chi connectivity index (χ3v) is 9.28. The average Bonchev–Trinajstić information content (AvgIpc) is 2.62. The molecule has 2 rings (SSSR count). The van der Waals surface area contributed by atoms with Crippen LogP contribution < -0.4 is 0 Å². The summed E-state index contributed by atoms with van der Waals surface area (Å²) in [6.07, 6.45) is 5.26. The molecule has 0 bridgehead atoms. The predicted octanol–water partition coefficient (Wildman–Crippen LogP) is 3.23. The van der Waals surface area contributed by atoms with Crippen molar-refractivity contribution in [3.05, 3.63) is 0 Å². The molecule has 0 atom stereocenters. The smallest absolute Gasteiger partial charge is 0.145 e. The molecule has 9 heavy (non-hydrogen) atoms.